The van der Waals surface area contributed by atoms with Crippen LogP contribution in [0, 0.1) is 11.3 Å². The van der Waals surface area contributed by atoms with Crippen molar-refractivity contribution in [2.24, 2.45) is 5.73 Å². The van der Waals surface area contributed by atoms with Crippen molar-refractivity contribution < 1.29 is 4.55 Å². The molecule has 3 aromatic rings. The number of nitrogens with zero attached hydrogens (tertiary/aromatic N) is 4. The van der Waals surface area contributed by atoms with Gasteiger partial charge in [-0.15, -0.1) is 0 Å². The zero-order chi connectivity index (χ0) is 21.6. The zero-order valence-corrected chi connectivity index (χ0v) is 18.2. The molecular weight excluding hydrogens is 410 g/mol. The van der Waals surface area contributed by atoms with Crippen molar-refractivity contribution in [3.63, 3.8) is 0 Å². The molecule has 160 valence electrons. The molecule has 0 amide bonds. The summed E-state index contributed by atoms with van der Waals surface area (Å²) in [7, 11) is 0. The molecule has 2 fully saturated rings. The van der Waals surface area contributed by atoms with Gasteiger partial charge in [0.25, 0.3) is 0 Å². The summed E-state index contributed by atoms with van der Waals surface area (Å²) in [6, 6.07) is 10.7. The second-order valence-electron chi connectivity index (χ2n) is 8.55. The Kier molecular flexibility index (Phi) is 5.01. The standard InChI is InChI=1S/C22H25N7OS/c1-31(30)12-14-8-17(4-5-18(14)22(13-24)6-7-22)26-19-9-20(27-16-2-3-16)29-21(28-19)15(10-23)11-25-29/h4-5,8-9,11,16,27H,2-3,6-7,12-13,24H2,1H3,(H,26,28). The topological polar surface area (TPSA) is 127 Å². The third-order valence-corrected chi connectivity index (χ3v) is 6.79. The Labute approximate surface area is 184 Å². The van der Waals surface area contributed by atoms with Crippen LogP contribution in [0.4, 0.5) is 17.3 Å². The Morgan fingerprint density at radius 1 is 1.35 bits per heavy atom. The molecule has 0 bridgehead atoms. The van der Waals surface area contributed by atoms with Crippen LogP contribution >= 0.6 is 0 Å². The van der Waals surface area contributed by atoms with E-state index in [1.807, 2.05) is 18.2 Å². The molecule has 1 atom stereocenters. The molecule has 0 saturated heterocycles. The van der Waals surface area contributed by atoms with Gasteiger partial charge in [0.2, 0.25) is 0 Å². The van der Waals surface area contributed by atoms with Crippen molar-refractivity contribution in [3.05, 3.63) is 47.2 Å². The number of hydrogen-bond donors (Lipinski definition) is 3. The van der Waals surface area contributed by atoms with Crippen LogP contribution in [-0.2, 0) is 22.3 Å². The normalized spacial score (nSPS) is 17.9. The fraction of sp³-hybridized carbons (Fsp3) is 0.409. The minimum atomic E-state index is -0.953. The molecule has 9 heteroatoms. The molecule has 2 aromatic heterocycles. The second kappa shape index (κ2) is 7.71. The summed E-state index contributed by atoms with van der Waals surface area (Å²) in [5.74, 6) is 1.93. The third kappa shape index (κ3) is 3.94. The van der Waals surface area contributed by atoms with Crippen LogP contribution in [0.2, 0.25) is 0 Å². The van der Waals surface area contributed by atoms with Gasteiger partial charge in [0, 0.05) is 35.3 Å². The summed E-state index contributed by atoms with van der Waals surface area (Å²) in [5.41, 5.74) is 10.2. The minimum absolute atomic E-state index is 0.0328. The van der Waals surface area contributed by atoms with Crippen LogP contribution in [0.1, 0.15) is 42.4 Å². The van der Waals surface area contributed by atoms with E-state index in [4.69, 9.17) is 5.73 Å². The molecule has 2 heterocycles. The fourth-order valence-corrected chi connectivity index (χ4v) is 4.73. The van der Waals surface area contributed by atoms with Gasteiger partial charge >= 0.3 is 0 Å². The number of rotatable bonds is 8. The summed E-state index contributed by atoms with van der Waals surface area (Å²) in [6.07, 6.45) is 7.66. The first-order valence-electron chi connectivity index (χ1n) is 10.5. The smallest absolute Gasteiger partial charge is 0.177 e. The number of hydrogen-bond acceptors (Lipinski definition) is 7. The number of aromatic nitrogens is 3. The Balaban J connectivity index is 1.51. The molecule has 0 spiro atoms. The fourth-order valence-electron chi connectivity index (χ4n) is 4.05. The SMILES string of the molecule is C[S+]([O-])Cc1cc(Nc2cc(NC3CC3)n3ncc(C#N)c3n2)ccc1C1(CN)CC1. The number of nitrogens with one attached hydrogen (secondary N) is 2. The van der Waals surface area contributed by atoms with Crippen LogP contribution in [-0.4, -0.2) is 38.0 Å². The van der Waals surface area contributed by atoms with Gasteiger partial charge in [-0.3, -0.25) is 0 Å². The zero-order valence-electron chi connectivity index (χ0n) is 17.4. The van der Waals surface area contributed by atoms with Gasteiger partial charge < -0.3 is 20.9 Å². The lowest BCUT2D eigenvalue weighted by Gasteiger charge is -2.20. The van der Waals surface area contributed by atoms with E-state index < -0.39 is 11.2 Å². The summed E-state index contributed by atoms with van der Waals surface area (Å²) in [5, 5.41) is 20.6. The van der Waals surface area contributed by atoms with Gasteiger partial charge in [0.05, 0.1) is 12.5 Å². The van der Waals surface area contributed by atoms with E-state index in [0.717, 1.165) is 42.8 Å². The van der Waals surface area contributed by atoms with E-state index >= 15 is 0 Å². The van der Waals surface area contributed by atoms with Gasteiger partial charge in [-0.25, -0.2) is 4.98 Å². The molecule has 8 nitrogen and oxygen atoms in total. The van der Waals surface area contributed by atoms with E-state index in [1.54, 1.807) is 10.8 Å². The average Bonchev–Trinajstić information content (AvgIpc) is 3.66. The molecule has 31 heavy (non-hydrogen) atoms. The highest BCUT2D eigenvalue weighted by atomic mass is 32.2. The largest absolute Gasteiger partial charge is 0.616 e. The van der Waals surface area contributed by atoms with E-state index in [2.05, 4.69) is 32.9 Å². The molecule has 4 N–H and O–H groups in total. The van der Waals surface area contributed by atoms with Crippen LogP contribution in [0.25, 0.3) is 5.65 Å². The summed E-state index contributed by atoms with van der Waals surface area (Å²) >= 11 is -0.953. The van der Waals surface area contributed by atoms with Crippen LogP contribution in [0.5, 0.6) is 0 Å². The average molecular weight is 436 g/mol. The maximum Gasteiger partial charge on any atom is 0.177 e. The molecular formula is C22H25N7OS. The molecule has 2 saturated carbocycles. The van der Waals surface area contributed by atoms with Gasteiger partial charge in [0.15, 0.2) is 5.65 Å². The molecule has 2 aliphatic carbocycles. The summed E-state index contributed by atoms with van der Waals surface area (Å²) < 4.78 is 13.7. The van der Waals surface area contributed by atoms with E-state index in [9.17, 15) is 9.81 Å². The Hall–Kier alpha value is -2.80. The van der Waals surface area contributed by atoms with Crippen LogP contribution in [0.15, 0.2) is 30.5 Å². The van der Waals surface area contributed by atoms with Gasteiger partial charge in [-0.05, 0) is 43.4 Å². The lowest BCUT2D eigenvalue weighted by atomic mass is 9.91. The van der Waals surface area contributed by atoms with Gasteiger partial charge in [-0.2, -0.15) is 14.9 Å². The predicted molar refractivity (Wildman–Crippen MR) is 122 cm³/mol. The first-order valence-corrected chi connectivity index (χ1v) is 12.2. The molecule has 1 aromatic carbocycles. The Morgan fingerprint density at radius 2 is 2.16 bits per heavy atom. The number of nitriles is 1. The van der Waals surface area contributed by atoms with Crippen LogP contribution in [0.3, 0.4) is 0 Å². The Morgan fingerprint density at radius 3 is 2.81 bits per heavy atom. The van der Waals surface area contributed by atoms with Crippen molar-refractivity contribution in [1.29, 1.82) is 5.26 Å². The van der Waals surface area contributed by atoms with Gasteiger partial charge in [0.1, 0.15) is 29.0 Å². The molecule has 0 aliphatic heterocycles. The monoisotopic (exact) mass is 435 g/mol. The first kappa shape index (κ1) is 20.1. The van der Waals surface area contributed by atoms with Crippen LogP contribution < -0.4 is 16.4 Å². The van der Waals surface area contributed by atoms with Gasteiger partial charge in [-0.1, -0.05) is 17.2 Å². The number of anilines is 3. The first-order chi connectivity index (χ1) is 15.0. The van der Waals surface area contributed by atoms with Crippen molar-refractivity contribution in [2.45, 2.75) is 42.9 Å². The predicted octanol–water partition coefficient (Wildman–Crippen LogP) is 2.79. The molecule has 5 rings (SSSR count). The van der Waals surface area contributed by atoms with E-state index in [1.165, 1.54) is 11.8 Å². The van der Waals surface area contributed by atoms with Crippen molar-refractivity contribution in [1.82, 2.24) is 14.6 Å². The van der Waals surface area contributed by atoms with Crippen molar-refractivity contribution >= 4 is 34.1 Å². The third-order valence-electron chi connectivity index (χ3n) is 6.07. The summed E-state index contributed by atoms with van der Waals surface area (Å²) in [6.45, 7) is 0.607. The highest BCUT2D eigenvalue weighted by Crippen LogP contribution is 2.49. The second-order valence-corrected chi connectivity index (χ2v) is 9.98. The maximum atomic E-state index is 12.0. The summed E-state index contributed by atoms with van der Waals surface area (Å²) in [4.78, 5) is 4.63. The van der Waals surface area contributed by atoms with E-state index in [0.29, 0.717) is 35.4 Å². The van der Waals surface area contributed by atoms with E-state index in [-0.39, 0.29) is 5.41 Å². The lowest BCUT2D eigenvalue weighted by molar-refractivity contribution is 0.599. The molecule has 2 aliphatic rings. The molecule has 1 unspecified atom stereocenters. The number of fused-ring (bicyclic) bond motifs is 1. The number of benzene rings is 1. The highest BCUT2D eigenvalue weighted by molar-refractivity contribution is 7.89. The molecule has 0 radical (unpaired) electrons. The highest BCUT2D eigenvalue weighted by Gasteiger charge is 2.44. The maximum absolute atomic E-state index is 12.0. The quantitative estimate of drug-likeness (QED) is 0.464. The van der Waals surface area contributed by atoms with Crippen molar-refractivity contribution in [3.8, 4) is 6.07 Å². The minimum Gasteiger partial charge on any atom is -0.616 e. The lowest BCUT2D eigenvalue weighted by Crippen LogP contribution is -2.22. The Bertz CT molecular complexity index is 1170. The number of nitrogens with two attached hydrogens (primary N) is 1. The van der Waals surface area contributed by atoms with Crippen molar-refractivity contribution in [2.75, 3.05) is 23.4 Å².